The maximum atomic E-state index is 9.03. The lowest BCUT2D eigenvalue weighted by molar-refractivity contribution is -0.109. The van der Waals surface area contributed by atoms with Crippen molar-refractivity contribution < 1.29 is 24.8 Å². The molecule has 0 aromatic rings. The summed E-state index contributed by atoms with van der Waals surface area (Å²) in [6.07, 6.45) is -2.09. The summed E-state index contributed by atoms with van der Waals surface area (Å²) < 4.78 is 9.88. The van der Waals surface area contributed by atoms with Crippen LogP contribution in [0.1, 0.15) is 0 Å². The molecule has 1 saturated heterocycles. The number of aliphatic hydroxyl groups excluding tert-OH is 3. The average Bonchev–Trinajstić information content (AvgIpc) is 2.50. The molecule has 11 heavy (non-hydrogen) atoms. The number of rotatable bonds is 3. The van der Waals surface area contributed by atoms with Crippen LogP contribution in [0.2, 0.25) is 0 Å². The van der Waals surface area contributed by atoms with Crippen molar-refractivity contribution in [3.05, 3.63) is 0 Å². The fourth-order valence-electron chi connectivity index (χ4n) is 0.891. The fourth-order valence-corrected chi connectivity index (χ4v) is 0.891. The van der Waals surface area contributed by atoms with Crippen LogP contribution >= 0.6 is 0 Å². The predicted molar refractivity (Wildman–Crippen MR) is 34.8 cm³/mol. The number of aliphatic hydroxyl groups is 3. The summed E-state index contributed by atoms with van der Waals surface area (Å²) in [5, 5.41) is 26.1. The van der Waals surface area contributed by atoms with E-state index in [-0.39, 0.29) is 19.8 Å². The predicted octanol–water partition coefficient (Wildman–Crippen LogP) is -1.93. The van der Waals surface area contributed by atoms with Crippen LogP contribution in [-0.4, -0.2) is 53.6 Å². The molecule has 3 unspecified atom stereocenters. The van der Waals surface area contributed by atoms with Crippen LogP contribution in [0.15, 0.2) is 0 Å². The van der Waals surface area contributed by atoms with Crippen LogP contribution in [-0.2, 0) is 9.47 Å². The normalized spacial score (nSPS) is 34.1. The molecule has 0 bridgehead atoms. The minimum Gasteiger partial charge on any atom is -0.394 e. The Morgan fingerprint density at radius 1 is 1.45 bits per heavy atom. The van der Waals surface area contributed by atoms with E-state index >= 15 is 0 Å². The molecule has 1 heterocycles. The first-order valence-corrected chi connectivity index (χ1v) is 3.44. The zero-order valence-corrected chi connectivity index (χ0v) is 6.01. The first-order valence-electron chi connectivity index (χ1n) is 3.44. The molecule has 0 spiro atoms. The topological polar surface area (TPSA) is 79.2 Å². The molecule has 5 nitrogen and oxygen atoms in total. The number of hydrogen-bond acceptors (Lipinski definition) is 5. The molecule has 0 radical (unpaired) electrons. The zero-order valence-electron chi connectivity index (χ0n) is 6.01. The van der Waals surface area contributed by atoms with Gasteiger partial charge in [-0.2, -0.15) is 0 Å². The van der Waals surface area contributed by atoms with Gasteiger partial charge in [-0.1, -0.05) is 0 Å². The van der Waals surface area contributed by atoms with Gasteiger partial charge >= 0.3 is 0 Å². The number of hydrogen-bond donors (Lipinski definition) is 3. The van der Waals surface area contributed by atoms with E-state index in [2.05, 4.69) is 0 Å². The second-order valence-corrected chi connectivity index (χ2v) is 2.37. The van der Waals surface area contributed by atoms with E-state index in [9.17, 15) is 0 Å². The van der Waals surface area contributed by atoms with Crippen molar-refractivity contribution in [3.63, 3.8) is 0 Å². The lowest BCUT2D eigenvalue weighted by Gasteiger charge is -2.13. The van der Waals surface area contributed by atoms with Gasteiger partial charge < -0.3 is 24.8 Å². The Bertz CT molecular complexity index is 118. The Morgan fingerprint density at radius 3 is 2.64 bits per heavy atom. The maximum absolute atomic E-state index is 9.03. The van der Waals surface area contributed by atoms with Crippen LogP contribution in [0.3, 0.4) is 0 Å². The summed E-state index contributed by atoms with van der Waals surface area (Å²) in [6, 6.07) is 0. The Balaban J connectivity index is 2.29. The highest BCUT2D eigenvalue weighted by Crippen LogP contribution is 2.13. The third kappa shape index (κ3) is 2.11. The van der Waals surface area contributed by atoms with Gasteiger partial charge in [0, 0.05) is 0 Å². The largest absolute Gasteiger partial charge is 0.394 e. The Hall–Kier alpha value is -0.200. The quantitative estimate of drug-likeness (QED) is 0.453. The molecule has 1 fully saturated rings. The van der Waals surface area contributed by atoms with Gasteiger partial charge in [0.15, 0.2) is 6.29 Å². The molecule has 3 atom stereocenters. The van der Waals surface area contributed by atoms with Gasteiger partial charge in [-0.25, -0.2) is 0 Å². The summed E-state index contributed by atoms with van der Waals surface area (Å²) in [7, 11) is 0. The van der Waals surface area contributed by atoms with Crippen LogP contribution in [0, 0.1) is 0 Å². The van der Waals surface area contributed by atoms with Gasteiger partial charge in [-0.15, -0.1) is 0 Å². The van der Waals surface area contributed by atoms with E-state index < -0.39 is 18.5 Å². The van der Waals surface area contributed by atoms with Crippen molar-refractivity contribution in [1.82, 2.24) is 0 Å². The van der Waals surface area contributed by atoms with Gasteiger partial charge in [0.25, 0.3) is 0 Å². The smallest absolute Gasteiger partial charge is 0.181 e. The van der Waals surface area contributed by atoms with Crippen LogP contribution in [0.4, 0.5) is 0 Å². The highest BCUT2D eigenvalue weighted by molar-refractivity contribution is 4.72. The van der Waals surface area contributed by atoms with Crippen molar-refractivity contribution in [1.29, 1.82) is 0 Å². The summed E-state index contributed by atoms with van der Waals surface area (Å²) in [6.45, 7) is -0.367. The molecule has 5 heteroatoms. The van der Waals surface area contributed by atoms with E-state index in [0.717, 1.165) is 0 Å². The lowest BCUT2D eigenvalue weighted by atomic mass is 10.2. The molecular formula is C6H12O5. The number of ether oxygens (including phenoxy) is 2. The standard InChI is InChI=1S/C6H12O5/c7-1-4(9)5-3-10-6(2-8)11-5/h4-9H,1-3H2. The molecule has 0 aromatic carbocycles. The zero-order chi connectivity index (χ0) is 8.27. The maximum Gasteiger partial charge on any atom is 0.181 e. The molecule has 0 saturated carbocycles. The summed E-state index contributed by atoms with van der Waals surface area (Å²) in [5.74, 6) is 0. The summed E-state index contributed by atoms with van der Waals surface area (Å²) >= 11 is 0. The van der Waals surface area contributed by atoms with E-state index in [4.69, 9.17) is 24.8 Å². The molecular weight excluding hydrogens is 152 g/mol. The minimum absolute atomic E-state index is 0.215. The molecule has 0 aliphatic carbocycles. The SMILES string of the molecule is OCC1OCC(C(O)CO)O1. The van der Waals surface area contributed by atoms with Crippen LogP contribution < -0.4 is 0 Å². The van der Waals surface area contributed by atoms with Crippen molar-refractivity contribution >= 4 is 0 Å². The van der Waals surface area contributed by atoms with Gasteiger partial charge in [0.05, 0.1) is 19.8 Å². The van der Waals surface area contributed by atoms with Gasteiger partial charge in [0.2, 0.25) is 0 Å². The highest BCUT2D eigenvalue weighted by Gasteiger charge is 2.30. The average molecular weight is 164 g/mol. The first kappa shape index (κ1) is 8.89. The molecule has 1 aliphatic rings. The lowest BCUT2D eigenvalue weighted by Crippen LogP contribution is -2.31. The van der Waals surface area contributed by atoms with E-state index in [1.807, 2.05) is 0 Å². The first-order chi connectivity index (χ1) is 5.27. The Labute approximate surface area is 64.2 Å². The van der Waals surface area contributed by atoms with E-state index in [1.165, 1.54) is 0 Å². The molecule has 1 rings (SSSR count). The Kier molecular flexibility index (Phi) is 3.22. The third-order valence-electron chi connectivity index (χ3n) is 1.54. The van der Waals surface area contributed by atoms with Crippen LogP contribution in [0.5, 0.6) is 0 Å². The molecule has 66 valence electrons. The highest BCUT2D eigenvalue weighted by atomic mass is 16.7. The van der Waals surface area contributed by atoms with Crippen molar-refractivity contribution in [3.8, 4) is 0 Å². The summed E-state index contributed by atoms with van der Waals surface area (Å²) in [5.41, 5.74) is 0. The van der Waals surface area contributed by atoms with Crippen LogP contribution in [0.25, 0.3) is 0 Å². The van der Waals surface area contributed by atoms with Gasteiger partial charge in [-0.05, 0) is 0 Å². The van der Waals surface area contributed by atoms with Crippen molar-refractivity contribution in [2.75, 3.05) is 19.8 Å². The second-order valence-electron chi connectivity index (χ2n) is 2.37. The minimum atomic E-state index is -0.924. The monoisotopic (exact) mass is 164 g/mol. The fraction of sp³-hybridized carbons (Fsp3) is 1.00. The summed E-state index contributed by atoms with van der Waals surface area (Å²) in [4.78, 5) is 0. The van der Waals surface area contributed by atoms with E-state index in [1.54, 1.807) is 0 Å². The molecule has 3 N–H and O–H groups in total. The van der Waals surface area contributed by atoms with Crippen molar-refractivity contribution in [2.24, 2.45) is 0 Å². The van der Waals surface area contributed by atoms with Crippen molar-refractivity contribution in [2.45, 2.75) is 18.5 Å². The third-order valence-corrected chi connectivity index (χ3v) is 1.54. The van der Waals surface area contributed by atoms with E-state index in [0.29, 0.717) is 0 Å². The Morgan fingerprint density at radius 2 is 2.18 bits per heavy atom. The molecule has 1 aliphatic heterocycles. The second kappa shape index (κ2) is 3.99. The molecule has 0 amide bonds. The van der Waals surface area contributed by atoms with Gasteiger partial charge in [0.1, 0.15) is 12.2 Å². The molecule has 0 aromatic heterocycles. The van der Waals surface area contributed by atoms with Gasteiger partial charge in [-0.3, -0.25) is 0 Å².